The molecule has 8 heteroatoms. The third-order valence-corrected chi connectivity index (χ3v) is 5.17. The lowest BCUT2D eigenvalue weighted by molar-refractivity contribution is -0.122. The molecule has 0 radical (unpaired) electrons. The van der Waals surface area contributed by atoms with Gasteiger partial charge in [-0.05, 0) is 38.8 Å². The Bertz CT molecular complexity index is 927. The maximum Gasteiger partial charge on any atom is 0.248 e. The molecular weight excluding hydrogens is 394 g/mol. The second-order valence-electron chi connectivity index (χ2n) is 7.73. The van der Waals surface area contributed by atoms with Gasteiger partial charge in [0.15, 0.2) is 0 Å². The Morgan fingerprint density at radius 1 is 1.26 bits per heavy atom. The largest absolute Gasteiger partial charge is 0.472 e. The Balaban J connectivity index is 1.57. The van der Waals surface area contributed by atoms with E-state index >= 15 is 0 Å². The molecule has 1 amide bonds. The number of carbonyl (C=O) groups is 1. The molecule has 166 valence electrons. The predicted octanol–water partition coefficient (Wildman–Crippen LogP) is 3.80. The standard InChI is InChI=1S/C23H31N5O3/c1-5-7-18(8-6-2)27-23(29)20-12-26-21(13-25-20)30-14-19-16(4)31-28-22(19)17-10-9-15(3)24-11-17/h9-13,18,20,25H,5-8,14H2,1-4H3,(H,27,29). The average Bonchev–Trinajstić information content (AvgIpc) is 3.14. The van der Waals surface area contributed by atoms with E-state index in [1.165, 1.54) is 0 Å². The van der Waals surface area contributed by atoms with Gasteiger partial charge in [-0.1, -0.05) is 31.8 Å². The number of hydrogen-bond acceptors (Lipinski definition) is 7. The van der Waals surface area contributed by atoms with Gasteiger partial charge in [0.05, 0.1) is 11.8 Å². The van der Waals surface area contributed by atoms with Crippen molar-refractivity contribution < 1.29 is 14.1 Å². The minimum absolute atomic E-state index is 0.0741. The Kier molecular flexibility index (Phi) is 7.81. The maximum atomic E-state index is 12.5. The predicted molar refractivity (Wildman–Crippen MR) is 119 cm³/mol. The zero-order valence-corrected chi connectivity index (χ0v) is 18.6. The highest BCUT2D eigenvalue weighted by atomic mass is 16.5. The molecule has 0 fully saturated rings. The maximum absolute atomic E-state index is 12.5. The summed E-state index contributed by atoms with van der Waals surface area (Å²) in [5, 5.41) is 10.3. The summed E-state index contributed by atoms with van der Waals surface area (Å²) in [6, 6.07) is 3.58. The van der Waals surface area contributed by atoms with Crippen LogP contribution in [0.4, 0.5) is 0 Å². The lowest BCUT2D eigenvalue weighted by atomic mass is 10.1. The molecule has 0 saturated carbocycles. The van der Waals surface area contributed by atoms with Gasteiger partial charge in [-0.25, -0.2) is 4.99 Å². The van der Waals surface area contributed by atoms with Crippen LogP contribution in [0.2, 0.25) is 0 Å². The highest BCUT2D eigenvalue weighted by Gasteiger charge is 2.22. The monoisotopic (exact) mass is 425 g/mol. The number of ether oxygens (including phenoxy) is 1. The molecule has 31 heavy (non-hydrogen) atoms. The number of aliphatic imine (C=N–C) groups is 1. The first-order chi connectivity index (χ1) is 15.0. The molecule has 0 aliphatic carbocycles. The number of pyridine rings is 1. The molecular formula is C23H31N5O3. The van der Waals surface area contributed by atoms with Crippen molar-refractivity contribution in [1.82, 2.24) is 20.8 Å². The molecule has 1 unspecified atom stereocenters. The van der Waals surface area contributed by atoms with Gasteiger partial charge in [-0.2, -0.15) is 0 Å². The molecule has 2 N–H and O–H groups in total. The van der Waals surface area contributed by atoms with E-state index in [9.17, 15) is 4.79 Å². The van der Waals surface area contributed by atoms with Gasteiger partial charge in [0.1, 0.15) is 24.1 Å². The quantitative estimate of drug-likeness (QED) is 0.600. The molecule has 2 aromatic heterocycles. The smallest absolute Gasteiger partial charge is 0.248 e. The Morgan fingerprint density at radius 2 is 2.03 bits per heavy atom. The van der Waals surface area contributed by atoms with E-state index in [0.29, 0.717) is 17.3 Å². The molecule has 3 rings (SSSR count). The summed E-state index contributed by atoms with van der Waals surface area (Å²) >= 11 is 0. The third-order valence-electron chi connectivity index (χ3n) is 5.17. The molecule has 3 heterocycles. The molecule has 1 aliphatic heterocycles. The van der Waals surface area contributed by atoms with Gasteiger partial charge >= 0.3 is 0 Å². The van der Waals surface area contributed by atoms with Crippen LogP contribution in [-0.2, 0) is 16.1 Å². The second-order valence-corrected chi connectivity index (χ2v) is 7.73. The first-order valence-corrected chi connectivity index (χ1v) is 10.8. The summed E-state index contributed by atoms with van der Waals surface area (Å²) in [5.74, 6) is 1.00. The van der Waals surface area contributed by atoms with Crippen molar-refractivity contribution in [2.45, 2.75) is 72.1 Å². The van der Waals surface area contributed by atoms with Crippen molar-refractivity contribution in [3.63, 3.8) is 0 Å². The highest BCUT2D eigenvalue weighted by Crippen LogP contribution is 2.26. The van der Waals surface area contributed by atoms with Crippen molar-refractivity contribution in [3.8, 4) is 11.3 Å². The average molecular weight is 426 g/mol. The zero-order valence-electron chi connectivity index (χ0n) is 18.6. The van der Waals surface area contributed by atoms with Crippen LogP contribution >= 0.6 is 0 Å². The van der Waals surface area contributed by atoms with Crippen LogP contribution in [0.5, 0.6) is 0 Å². The van der Waals surface area contributed by atoms with Gasteiger partial charge in [0.2, 0.25) is 11.8 Å². The summed E-state index contributed by atoms with van der Waals surface area (Å²) in [6.07, 6.45) is 8.99. The summed E-state index contributed by atoms with van der Waals surface area (Å²) in [4.78, 5) is 21.1. The number of hydrogen-bond donors (Lipinski definition) is 2. The number of rotatable bonds is 10. The van der Waals surface area contributed by atoms with Crippen LogP contribution in [0.1, 0.15) is 56.5 Å². The van der Waals surface area contributed by atoms with Crippen LogP contribution in [0.3, 0.4) is 0 Å². The lowest BCUT2D eigenvalue weighted by Crippen LogP contribution is -2.48. The SMILES string of the molecule is CCCC(CCC)NC(=O)C1C=NC(OCc2c(-c3ccc(C)nc3)noc2C)=CN1. The van der Waals surface area contributed by atoms with Crippen LogP contribution in [0.25, 0.3) is 11.3 Å². The van der Waals surface area contributed by atoms with E-state index in [0.717, 1.165) is 42.5 Å². The lowest BCUT2D eigenvalue weighted by Gasteiger charge is -2.22. The zero-order chi connectivity index (χ0) is 22.2. The van der Waals surface area contributed by atoms with Gasteiger partial charge in [0.25, 0.3) is 0 Å². The number of nitrogens with zero attached hydrogens (tertiary/aromatic N) is 3. The molecule has 1 aliphatic rings. The van der Waals surface area contributed by atoms with Crippen molar-refractivity contribution >= 4 is 12.1 Å². The van der Waals surface area contributed by atoms with Gasteiger partial charge in [-0.15, -0.1) is 0 Å². The van der Waals surface area contributed by atoms with E-state index in [4.69, 9.17) is 9.26 Å². The summed E-state index contributed by atoms with van der Waals surface area (Å²) in [5.41, 5.74) is 3.34. The molecule has 0 saturated heterocycles. The second kappa shape index (κ2) is 10.7. The molecule has 1 atom stereocenters. The highest BCUT2D eigenvalue weighted by molar-refractivity contribution is 5.98. The van der Waals surface area contributed by atoms with Gasteiger partial charge in [0, 0.05) is 29.7 Å². The van der Waals surface area contributed by atoms with Gasteiger partial charge < -0.3 is 19.9 Å². The molecule has 2 aromatic rings. The Morgan fingerprint density at radius 3 is 2.65 bits per heavy atom. The number of nitrogens with one attached hydrogen (secondary N) is 2. The van der Waals surface area contributed by atoms with E-state index in [1.54, 1.807) is 18.6 Å². The number of aromatic nitrogens is 2. The normalized spacial score (nSPS) is 15.5. The number of aryl methyl sites for hydroxylation is 2. The molecule has 0 aromatic carbocycles. The summed E-state index contributed by atoms with van der Waals surface area (Å²) in [7, 11) is 0. The van der Waals surface area contributed by atoms with Crippen LogP contribution in [0, 0.1) is 13.8 Å². The van der Waals surface area contributed by atoms with E-state index < -0.39 is 6.04 Å². The first kappa shape index (κ1) is 22.5. The van der Waals surface area contributed by atoms with E-state index in [-0.39, 0.29) is 18.6 Å². The van der Waals surface area contributed by atoms with Crippen molar-refractivity contribution in [3.05, 3.63) is 47.4 Å². The molecule has 0 spiro atoms. The fourth-order valence-corrected chi connectivity index (χ4v) is 3.43. The van der Waals surface area contributed by atoms with Crippen LogP contribution in [-0.4, -0.2) is 34.3 Å². The van der Waals surface area contributed by atoms with E-state index in [2.05, 4.69) is 39.6 Å². The number of carbonyl (C=O) groups excluding carboxylic acids is 1. The fourth-order valence-electron chi connectivity index (χ4n) is 3.43. The van der Waals surface area contributed by atoms with E-state index in [1.807, 2.05) is 26.0 Å². The molecule has 8 nitrogen and oxygen atoms in total. The molecule has 0 bridgehead atoms. The van der Waals surface area contributed by atoms with Crippen molar-refractivity contribution in [2.24, 2.45) is 4.99 Å². The van der Waals surface area contributed by atoms with Crippen molar-refractivity contribution in [2.75, 3.05) is 0 Å². The Labute approximate surface area is 183 Å². The third kappa shape index (κ3) is 5.93. The first-order valence-electron chi connectivity index (χ1n) is 10.8. The fraction of sp³-hybridized carbons (Fsp3) is 0.478. The van der Waals surface area contributed by atoms with Crippen LogP contribution in [0.15, 0.2) is 39.9 Å². The Hall–Kier alpha value is -3.16. The van der Waals surface area contributed by atoms with Gasteiger partial charge in [-0.3, -0.25) is 9.78 Å². The number of amides is 1. The summed E-state index contributed by atoms with van der Waals surface area (Å²) in [6.45, 7) is 8.27. The minimum Gasteiger partial charge on any atom is -0.472 e. The van der Waals surface area contributed by atoms with Crippen molar-refractivity contribution in [1.29, 1.82) is 0 Å². The topological polar surface area (TPSA) is 102 Å². The summed E-state index contributed by atoms with van der Waals surface area (Å²) < 4.78 is 11.2. The van der Waals surface area contributed by atoms with Crippen LogP contribution < -0.4 is 10.6 Å². The minimum atomic E-state index is -0.505.